The van der Waals surface area contributed by atoms with Gasteiger partial charge in [-0.3, -0.25) is 4.57 Å². The summed E-state index contributed by atoms with van der Waals surface area (Å²) in [6.45, 7) is 4.13. The molecule has 0 N–H and O–H groups in total. The zero-order chi connectivity index (χ0) is 13.2. The Morgan fingerprint density at radius 2 is 1.74 bits per heavy atom. The van der Waals surface area contributed by atoms with Gasteiger partial charge in [0.1, 0.15) is 5.82 Å². The van der Waals surface area contributed by atoms with Gasteiger partial charge in [0.2, 0.25) is 0 Å². The predicted molar refractivity (Wildman–Crippen MR) is 79.4 cm³/mol. The Bertz CT molecular complexity index is 556. The van der Waals surface area contributed by atoms with Crippen LogP contribution in [-0.4, -0.2) is 22.6 Å². The lowest BCUT2D eigenvalue weighted by molar-refractivity contribution is 0.574. The van der Waals surface area contributed by atoms with Crippen molar-refractivity contribution < 1.29 is 0 Å². The van der Waals surface area contributed by atoms with Crippen LogP contribution in [0.2, 0.25) is 5.15 Å². The van der Waals surface area contributed by atoms with Crippen LogP contribution in [0.15, 0.2) is 30.3 Å². The van der Waals surface area contributed by atoms with Crippen molar-refractivity contribution in [2.24, 2.45) is 0 Å². The molecule has 0 amide bonds. The van der Waals surface area contributed by atoms with E-state index >= 15 is 0 Å². The van der Waals surface area contributed by atoms with Gasteiger partial charge in [-0.1, -0.05) is 29.8 Å². The summed E-state index contributed by atoms with van der Waals surface area (Å²) >= 11 is 6.56. The summed E-state index contributed by atoms with van der Waals surface area (Å²) in [6.07, 6.45) is 3.77. The average Bonchev–Trinajstić information content (AvgIpc) is 2.76. The summed E-state index contributed by atoms with van der Waals surface area (Å²) in [5.41, 5.74) is 1.07. The van der Waals surface area contributed by atoms with Crippen LogP contribution in [0.1, 0.15) is 25.1 Å². The highest BCUT2D eigenvalue weighted by molar-refractivity contribution is 6.32. The highest BCUT2D eigenvalue weighted by Gasteiger charge is 2.20. The van der Waals surface area contributed by atoms with E-state index in [0.717, 1.165) is 35.6 Å². The fraction of sp³-hybridized carbons (Fsp3) is 0.400. The molecule has 1 fully saturated rings. The fourth-order valence-electron chi connectivity index (χ4n) is 2.68. The number of hydrogen-bond donors (Lipinski definition) is 0. The van der Waals surface area contributed by atoms with Crippen LogP contribution in [0.5, 0.6) is 0 Å². The van der Waals surface area contributed by atoms with E-state index in [1.807, 2.05) is 29.7 Å². The molecule has 0 spiro atoms. The van der Waals surface area contributed by atoms with Crippen LogP contribution < -0.4 is 4.90 Å². The molecule has 1 aliphatic rings. The molecular formula is C15H18ClN3. The van der Waals surface area contributed by atoms with E-state index in [0.29, 0.717) is 0 Å². The van der Waals surface area contributed by atoms with Crippen LogP contribution in [-0.2, 0) is 0 Å². The molecular weight excluding hydrogens is 258 g/mol. The Labute approximate surface area is 118 Å². The van der Waals surface area contributed by atoms with Gasteiger partial charge in [-0.2, -0.15) is 0 Å². The summed E-state index contributed by atoms with van der Waals surface area (Å²) in [6, 6.07) is 10.2. The van der Waals surface area contributed by atoms with Crippen LogP contribution in [0.4, 0.5) is 5.82 Å². The van der Waals surface area contributed by atoms with E-state index in [4.69, 9.17) is 11.6 Å². The maximum Gasteiger partial charge on any atom is 0.167 e. The molecule has 3 rings (SSSR count). The minimum absolute atomic E-state index is 0.727. The highest BCUT2D eigenvalue weighted by Crippen LogP contribution is 2.31. The number of hydrogen-bond acceptors (Lipinski definition) is 2. The number of imidazole rings is 1. The minimum atomic E-state index is 0.727. The molecule has 4 heteroatoms. The monoisotopic (exact) mass is 275 g/mol. The SMILES string of the molecule is Cc1nc(N2CCCCC2)c(Cl)n1-c1ccccc1. The van der Waals surface area contributed by atoms with Crippen LogP contribution in [0, 0.1) is 6.92 Å². The molecule has 0 atom stereocenters. The van der Waals surface area contributed by atoms with Gasteiger partial charge in [-0.05, 0) is 38.3 Å². The van der Waals surface area contributed by atoms with Crippen LogP contribution in [0.3, 0.4) is 0 Å². The first-order valence-electron chi connectivity index (χ1n) is 6.82. The molecule has 0 aliphatic carbocycles. The van der Waals surface area contributed by atoms with Crippen molar-refractivity contribution in [3.05, 3.63) is 41.3 Å². The third-order valence-electron chi connectivity index (χ3n) is 3.64. The predicted octanol–water partition coefficient (Wildman–Crippen LogP) is 3.82. The first kappa shape index (κ1) is 12.5. The van der Waals surface area contributed by atoms with Gasteiger partial charge in [0.15, 0.2) is 11.0 Å². The number of aryl methyl sites for hydroxylation is 1. The molecule has 2 aromatic rings. The Morgan fingerprint density at radius 3 is 2.42 bits per heavy atom. The molecule has 19 heavy (non-hydrogen) atoms. The summed E-state index contributed by atoms with van der Waals surface area (Å²) in [5.74, 6) is 1.87. The normalized spacial score (nSPS) is 15.8. The number of rotatable bonds is 2. The maximum absolute atomic E-state index is 6.56. The fourth-order valence-corrected chi connectivity index (χ4v) is 3.06. The van der Waals surface area contributed by atoms with E-state index in [9.17, 15) is 0 Å². The van der Waals surface area contributed by atoms with Crippen molar-refractivity contribution in [3.8, 4) is 5.69 Å². The van der Waals surface area contributed by atoms with Gasteiger partial charge >= 0.3 is 0 Å². The van der Waals surface area contributed by atoms with Crippen molar-refractivity contribution in [2.45, 2.75) is 26.2 Å². The van der Waals surface area contributed by atoms with Crippen molar-refractivity contribution >= 4 is 17.4 Å². The van der Waals surface area contributed by atoms with E-state index in [2.05, 4.69) is 22.0 Å². The second-order valence-corrected chi connectivity index (χ2v) is 5.35. The molecule has 1 aliphatic heterocycles. The van der Waals surface area contributed by atoms with E-state index in [-0.39, 0.29) is 0 Å². The number of aromatic nitrogens is 2. The maximum atomic E-state index is 6.56. The summed E-state index contributed by atoms with van der Waals surface area (Å²) in [4.78, 5) is 6.97. The first-order chi connectivity index (χ1) is 9.27. The van der Waals surface area contributed by atoms with Crippen LogP contribution >= 0.6 is 11.6 Å². The molecule has 0 saturated carbocycles. The van der Waals surface area contributed by atoms with Gasteiger partial charge in [-0.25, -0.2) is 4.98 Å². The topological polar surface area (TPSA) is 21.1 Å². The van der Waals surface area contributed by atoms with Crippen molar-refractivity contribution in [1.29, 1.82) is 0 Å². The minimum Gasteiger partial charge on any atom is -0.354 e. The molecule has 0 unspecified atom stereocenters. The molecule has 100 valence electrons. The number of benzene rings is 1. The zero-order valence-electron chi connectivity index (χ0n) is 11.1. The lowest BCUT2D eigenvalue weighted by atomic mass is 10.1. The van der Waals surface area contributed by atoms with Crippen molar-refractivity contribution in [3.63, 3.8) is 0 Å². The smallest absolute Gasteiger partial charge is 0.167 e. The van der Waals surface area contributed by atoms with Gasteiger partial charge in [-0.15, -0.1) is 0 Å². The molecule has 0 radical (unpaired) electrons. The van der Waals surface area contributed by atoms with Crippen molar-refractivity contribution in [1.82, 2.24) is 9.55 Å². The van der Waals surface area contributed by atoms with Gasteiger partial charge < -0.3 is 4.90 Å². The number of para-hydroxylation sites is 1. The number of anilines is 1. The lowest BCUT2D eigenvalue weighted by Gasteiger charge is -2.26. The zero-order valence-corrected chi connectivity index (χ0v) is 11.9. The molecule has 2 heterocycles. The standard InChI is InChI=1S/C15H18ClN3/c1-12-17-15(18-10-6-3-7-11-18)14(16)19(12)13-8-4-2-5-9-13/h2,4-5,8-9H,3,6-7,10-11H2,1H3. The van der Waals surface area contributed by atoms with E-state index < -0.39 is 0 Å². The molecule has 1 saturated heterocycles. The van der Waals surface area contributed by atoms with E-state index in [1.54, 1.807) is 0 Å². The molecule has 0 bridgehead atoms. The number of halogens is 1. The van der Waals surface area contributed by atoms with Crippen molar-refractivity contribution in [2.75, 3.05) is 18.0 Å². The second-order valence-electron chi connectivity index (χ2n) is 4.99. The second kappa shape index (κ2) is 5.25. The molecule has 3 nitrogen and oxygen atoms in total. The third-order valence-corrected chi connectivity index (χ3v) is 3.98. The Morgan fingerprint density at radius 1 is 1.05 bits per heavy atom. The third kappa shape index (κ3) is 2.35. The Balaban J connectivity index is 2.00. The lowest BCUT2D eigenvalue weighted by Crippen LogP contribution is -2.29. The first-order valence-corrected chi connectivity index (χ1v) is 7.20. The van der Waals surface area contributed by atoms with E-state index in [1.165, 1.54) is 19.3 Å². The summed E-state index contributed by atoms with van der Waals surface area (Å²) < 4.78 is 2.02. The van der Waals surface area contributed by atoms with Crippen LogP contribution in [0.25, 0.3) is 5.69 Å². The largest absolute Gasteiger partial charge is 0.354 e. The molecule has 1 aromatic heterocycles. The average molecular weight is 276 g/mol. The van der Waals surface area contributed by atoms with Gasteiger partial charge in [0.25, 0.3) is 0 Å². The number of piperidine rings is 1. The quantitative estimate of drug-likeness (QED) is 0.831. The summed E-state index contributed by atoms with van der Waals surface area (Å²) in [7, 11) is 0. The highest BCUT2D eigenvalue weighted by atomic mass is 35.5. The molecule has 1 aromatic carbocycles. The van der Waals surface area contributed by atoms with Gasteiger partial charge in [0.05, 0.1) is 0 Å². The Kier molecular flexibility index (Phi) is 3.47. The van der Waals surface area contributed by atoms with Gasteiger partial charge in [0, 0.05) is 18.8 Å². The summed E-state index contributed by atoms with van der Waals surface area (Å²) in [5, 5.41) is 0.727. The Hall–Kier alpha value is -1.48. The number of nitrogens with zero attached hydrogens (tertiary/aromatic N) is 3.